The number of aromatic hydroxyl groups is 1. The summed E-state index contributed by atoms with van der Waals surface area (Å²) in [4.78, 5) is 0. The molecule has 7 nitrogen and oxygen atoms in total. The van der Waals surface area contributed by atoms with Gasteiger partial charge in [-0.1, -0.05) is 48.5 Å². The van der Waals surface area contributed by atoms with Crippen LogP contribution in [0.25, 0.3) is 22.0 Å². The lowest BCUT2D eigenvalue weighted by Gasteiger charge is -2.15. The Balaban J connectivity index is 1.16. The Morgan fingerprint density at radius 3 is 2.44 bits per heavy atom. The number of fused-ring (bicyclic) bond motifs is 1. The predicted octanol–water partition coefficient (Wildman–Crippen LogP) is 5.46. The largest absolute Gasteiger partial charge is 0.618 e. The number of aliphatic hydroxyl groups is 1. The molecule has 39 heavy (non-hydrogen) atoms. The molecule has 0 amide bonds. The van der Waals surface area contributed by atoms with Gasteiger partial charge in [0.1, 0.15) is 5.75 Å². The molecule has 0 fully saturated rings. The molecule has 0 aliphatic carbocycles. The van der Waals surface area contributed by atoms with Crippen molar-refractivity contribution in [3.8, 4) is 22.6 Å². The number of rotatable bonds is 10. The summed E-state index contributed by atoms with van der Waals surface area (Å²) in [5.41, 5.74) is 6.02. The van der Waals surface area contributed by atoms with E-state index in [1.54, 1.807) is 25.3 Å². The number of anilines is 2. The Morgan fingerprint density at radius 2 is 1.67 bits per heavy atom. The topological polar surface area (TPSA) is 101 Å². The monoisotopic (exact) mass is 521 g/mol. The van der Waals surface area contributed by atoms with Crippen molar-refractivity contribution in [2.75, 3.05) is 25.5 Å². The minimum Gasteiger partial charge on any atom is -0.618 e. The van der Waals surface area contributed by atoms with E-state index in [9.17, 15) is 15.4 Å². The first-order valence-corrected chi connectivity index (χ1v) is 12.9. The lowest BCUT2D eigenvalue weighted by molar-refractivity contribution is -0.577. The Kier molecular flexibility index (Phi) is 7.91. The van der Waals surface area contributed by atoms with Crippen molar-refractivity contribution in [3.63, 3.8) is 0 Å². The molecule has 1 atom stereocenters. The molecule has 0 radical (unpaired) electrons. The third-order valence-electron chi connectivity index (χ3n) is 6.75. The molecule has 0 aliphatic rings. The third-order valence-corrected chi connectivity index (χ3v) is 6.75. The smallest absolute Gasteiger partial charge is 0.266 e. The minimum atomic E-state index is -0.813. The molecular formula is C32H31N3O4. The van der Waals surface area contributed by atoms with E-state index in [2.05, 4.69) is 53.1 Å². The van der Waals surface area contributed by atoms with Gasteiger partial charge in [-0.25, -0.2) is 0 Å². The SMILES string of the molecule is COc1ccc(Nc2ccc(CCNCC(O)c3ccc(O)c4c3ccc[n+]4[O-])cc2)cc1-c1ccccc1. The quantitative estimate of drug-likeness (QED) is 0.111. The van der Waals surface area contributed by atoms with Crippen molar-refractivity contribution in [2.45, 2.75) is 12.5 Å². The van der Waals surface area contributed by atoms with Crippen molar-refractivity contribution < 1.29 is 19.7 Å². The van der Waals surface area contributed by atoms with Crippen LogP contribution < -0.4 is 20.1 Å². The summed E-state index contributed by atoms with van der Waals surface area (Å²) in [6.07, 6.45) is 1.31. The normalized spacial score (nSPS) is 11.8. The lowest BCUT2D eigenvalue weighted by Crippen LogP contribution is -2.27. The fourth-order valence-electron chi connectivity index (χ4n) is 4.73. The van der Waals surface area contributed by atoms with Gasteiger partial charge in [-0.3, -0.25) is 0 Å². The lowest BCUT2D eigenvalue weighted by atomic mass is 10.0. The zero-order chi connectivity index (χ0) is 27.2. The van der Waals surface area contributed by atoms with Crippen LogP contribution in [0.3, 0.4) is 0 Å². The standard InChI is InChI=1S/C32H31N3O4/c1-39-31-16-13-25(20-28(31)23-6-3-2-4-7-23)34-24-11-9-22(10-12-24)17-18-33-21-30(37)26-14-15-29(36)32-27(26)8-5-19-35(32)38/h2-16,19-20,30,33-34,36-37H,17-18,21H2,1H3. The number of nitrogens with one attached hydrogen (secondary N) is 2. The maximum Gasteiger partial charge on any atom is 0.266 e. The molecule has 1 heterocycles. The molecule has 0 aliphatic heterocycles. The number of pyridine rings is 1. The Bertz CT molecular complexity index is 1550. The molecule has 0 saturated heterocycles. The Morgan fingerprint density at radius 1 is 0.897 bits per heavy atom. The Labute approximate surface area is 227 Å². The second-order valence-electron chi connectivity index (χ2n) is 9.34. The van der Waals surface area contributed by atoms with E-state index in [4.69, 9.17) is 4.74 Å². The van der Waals surface area contributed by atoms with E-state index < -0.39 is 6.10 Å². The van der Waals surface area contributed by atoms with Crippen molar-refractivity contribution >= 4 is 22.3 Å². The highest BCUT2D eigenvalue weighted by atomic mass is 16.5. The molecule has 4 N–H and O–H groups in total. The van der Waals surface area contributed by atoms with Gasteiger partial charge in [0.05, 0.1) is 18.6 Å². The third kappa shape index (κ3) is 5.95. The minimum absolute atomic E-state index is 0.105. The van der Waals surface area contributed by atoms with Gasteiger partial charge < -0.3 is 30.8 Å². The van der Waals surface area contributed by atoms with Crippen LogP contribution in [0.1, 0.15) is 17.2 Å². The van der Waals surface area contributed by atoms with Crippen LogP contribution in [-0.4, -0.2) is 30.4 Å². The number of methoxy groups -OCH3 is 1. The van der Waals surface area contributed by atoms with E-state index in [-0.39, 0.29) is 11.3 Å². The summed E-state index contributed by atoms with van der Waals surface area (Å²) in [5, 5.41) is 40.1. The number of benzene rings is 4. The zero-order valence-corrected chi connectivity index (χ0v) is 21.7. The molecule has 5 rings (SSSR count). The number of aromatic nitrogens is 1. The van der Waals surface area contributed by atoms with Crippen LogP contribution >= 0.6 is 0 Å². The summed E-state index contributed by atoms with van der Waals surface area (Å²) < 4.78 is 6.18. The van der Waals surface area contributed by atoms with E-state index in [0.717, 1.165) is 34.7 Å². The molecule has 1 unspecified atom stereocenters. The van der Waals surface area contributed by atoms with Gasteiger partial charge >= 0.3 is 0 Å². The van der Waals surface area contributed by atoms with Crippen molar-refractivity contribution in [2.24, 2.45) is 0 Å². The highest BCUT2D eigenvalue weighted by molar-refractivity contribution is 5.85. The number of phenolic OH excluding ortho intramolecular Hbond substituents is 1. The molecule has 198 valence electrons. The van der Waals surface area contributed by atoms with Gasteiger partial charge in [-0.2, -0.15) is 4.73 Å². The number of phenols is 1. The van der Waals surface area contributed by atoms with Crippen LogP contribution in [0.5, 0.6) is 11.5 Å². The van der Waals surface area contributed by atoms with Crippen LogP contribution in [0.15, 0.2) is 103 Å². The molecule has 0 saturated carbocycles. The van der Waals surface area contributed by atoms with Gasteiger partial charge in [0.2, 0.25) is 0 Å². The fraction of sp³-hybridized carbons (Fsp3) is 0.156. The number of aliphatic hydroxyl groups excluding tert-OH is 1. The number of nitrogens with zero attached hydrogens (tertiary/aromatic N) is 1. The highest BCUT2D eigenvalue weighted by Gasteiger charge is 2.18. The maximum absolute atomic E-state index is 12.1. The Hall–Kier alpha value is -4.59. The summed E-state index contributed by atoms with van der Waals surface area (Å²) in [7, 11) is 1.68. The van der Waals surface area contributed by atoms with E-state index in [1.165, 1.54) is 17.8 Å². The number of ether oxygens (including phenoxy) is 1. The van der Waals surface area contributed by atoms with Gasteiger partial charge in [-0.05, 0) is 72.1 Å². The first kappa shape index (κ1) is 26.0. The number of hydrogen-bond acceptors (Lipinski definition) is 6. The summed E-state index contributed by atoms with van der Waals surface area (Å²) >= 11 is 0. The van der Waals surface area contributed by atoms with Gasteiger partial charge in [0.25, 0.3) is 5.52 Å². The molecule has 5 aromatic rings. The summed E-state index contributed by atoms with van der Waals surface area (Å²) in [6.45, 7) is 1.01. The van der Waals surface area contributed by atoms with Gasteiger partial charge in [-0.15, -0.1) is 0 Å². The first-order valence-electron chi connectivity index (χ1n) is 12.9. The van der Waals surface area contributed by atoms with E-state index in [0.29, 0.717) is 28.8 Å². The highest BCUT2D eigenvalue weighted by Crippen LogP contribution is 2.33. The van der Waals surface area contributed by atoms with Crippen LogP contribution in [0, 0.1) is 5.21 Å². The van der Waals surface area contributed by atoms with Crippen molar-refractivity contribution in [3.05, 3.63) is 120 Å². The van der Waals surface area contributed by atoms with Crippen molar-refractivity contribution in [1.29, 1.82) is 0 Å². The fourth-order valence-corrected chi connectivity index (χ4v) is 4.73. The summed E-state index contributed by atoms with van der Waals surface area (Å²) in [6, 6.07) is 30.9. The average Bonchev–Trinajstić information content (AvgIpc) is 2.96. The van der Waals surface area contributed by atoms with Crippen molar-refractivity contribution in [1.82, 2.24) is 5.32 Å². The van der Waals surface area contributed by atoms with Crippen LogP contribution in [-0.2, 0) is 6.42 Å². The molecule has 7 heteroatoms. The van der Waals surface area contributed by atoms with Crippen LogP contribution in [0.4, 0.5) is 11.4 Å². The zero-order valence-electron chi connectivity index (χ0n) is 21.7. The van der Waals surface area contributed by atoms with Gasteiger partial charge in [0.15, 0.2) is 11.9 Å². The van der Waals surface area contributed by atoms with E-state index >= 15 is 0 Å². The molecule has 0 bridgehead atoms. The maximum atomic E-state index is 12.1. The van der Waals surface area contributed by atoms with E-state index in [1.807, 2.05) is 30.3 Å². The second-order valence-corrected chi connectivity index (χ2v) is 9.34. The second kappa shape index (κ2) is 11.9. The number of hydrogen-bond donors (Lipinski definition) is 4. The molecule has 4 aromatic carbocycles. The summed E-state index contributed by atoms with van der Waals surface area (Å²) in [5.74, 6) is 0.721. The van der Waals surface area contributed by atoms with Crippen LogP contribution in [0.2, 0.25) is 0 Å². The van der Waals surface area contributed by atoms with Gasteiger partial charge in [0, 0.05) is 29.5 Å². The molecule has 0 spiro atoms. The molecule has 1 aromatic heterocycles. The molecular weight excluding hydrogens is 490 g/mol. The average molecular weight is 522 g/mol. The first-order chi connectivity index (χ1) is 19.0. The predicted molar refractivity (Wildman–Crippen MR) is 154 cm³/mol.